The number of allylic oxidation sites excluding steroid dienone is 2. The van der Waals surface area contributed by atoms with Crippen molar-refractivity contribution in [2.24, 2.45) is 5.92 Å². The van der Waals surface area contributed by atoms with Crippen LogP contribution in [0.3, 0.4) is 0 Å². The predicted octanol–water partition coefficient (Wildman–Crippen LogP) is 0.488. The predicted molar refractivity (Wildman–Crippen MR) is 53.5 cm³/mol. The molecule has 14 heavy (non-hydrogen) atoms. The standard InChI is InChI=1S/C11H13NO2/c1-12-10(7-14)5-8-3-2-4-9(6-13)11(8)12/h2-6,8,11,14H,7H2,1H3. The van der Waals surface area contributed by atoms with Crippen LogP contribution in [-0.2, 0) is 4.79 Å². The highest BCUT2D eigenvalue weighted by Crippen LogP contribution is 2.32. The van der Waals surface area contributed by atoms with Crippen molar-refractivity contribution in [2.75, 3.05) is 13.7 Å². The van der Waals surface area contributed by atoms with Crippen LogP contribution in [0.1, 0.15) is 0 Å². The van der Waals surface area contributed by atoms with Crippen LogP contribution in [0.25, 0.3) is 0 Å². The Hall–Kier alpha value is -1.35. The molecule has 0 spiro atoms. The Morgan fingerprint density at radius 1 is 1.64 bits per heavy atom. The summed E-state index contributed by atoms with van der Waals surface area (Å²) in [5.41, 5.74) is 1.67. The molecule has 2 aliphatic rings. The first-order valence-corrected chi connectivity index (χ1v) is 4.66. The van der Waals surface area contributed by atoms with Crippen LogP contribution >= 0.6 is 0 Å². The van der Waals surface area contributed by atoms with Crippen LogP contribution in [0.5, 0.6) is 0 Å². The fourth-order valence-corrected chi connectivity index (χ4v) is 2.14. The number of aldehydes is 1. The van der Waals surface area contributed by atoms with E-state index in [2.05, 4.69) is 6.08 Å². The number of carbonyl (C=O) groups excluding carboxylic acids is 1. The van der Waals surface area contributed by atoms with Crippen LogP contribution in [0.15, 0.2) is 35.6 Å². The average molecular weight is 191 g/mol. The SMILES string of the molecule is CN1C(CO)=CC2C=CC=C(C=O)C21. The number of carbonyl (C=O) groups is 1. The van der Waals surface area contributed by atoms with Gasteiger partial charge in [-0.3, -0.25) is 4.79 Å². The van der Waals surface area contributed by atoms with E-state index < -0.39 is 0 Å². The minimum atomic E-state index is 0.0312. The van der Waals surface area contributed by atoms with Gasteiger partial charge in [0, 0.05) is 24.2 Å². The molecule has 1 aliphatic carbocycles. The summed E-state index contributed by atoms with van der Waals surface area (Å²) in [7, 11) is 1.91. The van der Waals surface area contributed by atoms with Gasteiger partial charge in [0.05, 0.1) is 12.6 Å². The lowest BCUT2D eigenvalue weighted by Gasteiger charge is -2.29. The summed E-state index contributed by atoms with van der Waals surface area (Å²) in [6.07, 6.45) is 8.69. The van der Waals surface area contributed by atoms with E-state index in [0.29, 0.717) is 0 Å². The van der Waals surface area contributed by atoms with Crippen LogP contribution < -0.4 is 0 Å². The van der Waals surface area contributed by atoms with E-state index in [4.69, 9.17) is 5.11 Å². The Balaban J connectivity index is 2.32. The Morgan fingerprint density at radius 2 is 2.43 bits per heavy atom. The van der Waals surface area contributed by atoms with Gasteiger partial charge in [-0.05, 0) is 0 Å². The van der Waals surface area contributed by atoms with Gasteiger partial charge >= 0.3 is 0 Å². The number of hydrogen-bond donors (Lipinski definition) is 1. The first-order chi connectivity index (χ1) is 6.77. The number of rotatable bonds is 2. The van der Waals surface area contributed by atoms with Gasteiger partial charge in [-0.25, -0.2) is 0 Å². The molecule has 0 aromatic heterocycles. The molecule has 74 valence electrons. The molecule has 2 atom stereocenters. The molecule has 0 saturated carbocycles. The minimum Gasteiger partial charge on any atom is -0.390 e. The van der Waals surface area contributed by atoms with Gasteiger partial charge in [-0.1, -0.05) is 24.3 Å². The maximum absolute atomic E-state index is 10.8. The third-order valence-corrected chi connectivity index (χ3v) is 2.88. The average Bonchev–Trinajstić information content (AvgIpc) is 2.55. The van der Waals surface area contributed by atoms with Gasteiger partial charge in [-0.2, -0.15) is 0 Å². The normalized spacial score (nSPS) is 29.7. The molecule has 1 heterocycles. The zero-order valence-electron chi connectivity index (χ0n) is 8.05. The summed E-state index contributed by atoms with van der Waals surface area (Å²) in [5, 5.41) is 9.10. The first-order valence-electron chi connectivity index (χ1n) is 4.66. The summed E-state index contributed by atoms with van der Waals surface area (Å²) < 4.78 is 0. The van der Waals surface area contributed by atoms with Crippen molar-refractivity contribution in [3.05, 3.63) is 35.6 Å². The fourth-order valence-electron chi connectivity index (χ4n) is 2.14. The van der Waals surface area contributed by atoms with Crippen molar-refractivity contribution < 1.29 is 9.90 Å². The van der Waals surface area contributed by atoms with E-state index in [9.17, 15) is 4.79 Å². The van der Waals surface area contributed by atoms with Gasteiger partial charge in [-0.15, -0.1) is 0 Å². The molecule has 0 fully saturated rings. The maximum atomic E-state index is 10.8. The Labute approximate surface area is 83.0 Å². The molecule has 2 unspecified atom stereocenters. The van der Waals surface area contributed by atoms with Crippen molar-refractivity contribution in [2.45, 2.75) is 6.04 Å². The Bertz CT molecular complexity index is 341. The third-order valence-electron chi connectivity index (χ3n) is 2.88. The lowest BCUT2D eigenvalue weighted by Crippen LogP contribution is -2.34. The van der Waals surface area contributed by atoms with Gasteiger partial charge in [0.1, 0.15) is 6.29 Å². The molecule has 0 amide bonds. The molecule has 0 aromatic rings. The van der Waals surface area contributed by atoms with Gasteiger partial charge in [0.25, 0.3) is 0 Å². The highest BCUT2D eigenvalue weighted by atomic mass is 16.3. The molecule has 2 rings (SSSR count). The number of hydrogen-bond acceptors (Lipinski definition) is 3. The lowest BCUT2D eigenvalue weighted by molar-refractivity contribution is -0.105. The van der Waals surface area contributed by atoms with E-state index in [1.54, 1.807) is 0 Å². The monoisotopic (exact) mass is 191 g/mol. The number of likely N-dealkylation sites (N-methyl/N-ethyl adjacent to an activating group) is 1. The molecule has 0 aromatic carbocycles. The zero-order chi connectivity index (χ0) is 10.1. The summed E-state index contributed by atoms with van der Waals surface area (Å²) in [6, 6.07) is 0.0830. The van der Waals surface area contributed by atoms with Gasteiger partial charge in [0.2, 0.25) is 0 Å². The molecule has 3 nitrogen and oxygen atoms in total. The lowest BCUT2D eigenvalue weighted by atomic mass is 9.91. The molecule has 0 saturated heterocycles. The van der Waals surface area contributed by atoms with Crippen LogP contribution in [0, 0.1) is 5.92 Å². The summed E-state index contributed by atoms with van der Waals surface area (Å²) in [6.45, 7) is 0.0312. The smallest absolute Gasteiger partial charge is 0.148 e. The number of nitrogens with zero attached hydrogens (tertiary/aromatic N) is 1. The van der Waals surface area contributed by atoms with Gasteiger partial charge in [0.15, 0.2) is 0 Å². The molecular weight excluding hydrogens is 178 g/mol. The van der Waals surface area contributed by atoms with E-state index in [-0.39, 0.29) is 18.6 Å². The van der Waals surface area contributed by atoms with Crippen molar-refractivity contribution in [3.63, 3.8) is 0 Å². The highest BCUT2D eigenvalue weighted by molar-refractivity contribution is 5.77. The molecule has 0 radical (unpaired) electrons. The zero-order valence-corrected chi connectivity index (χ0v) is 8.05. The molecule has 1 aliphatic heterocycles. The first kappa shape index (κ1) is 9.21. The van der Waals surface area contributed by atoms with Crippen molar-refractivity contribution >= 4 is 6.29 Å². The molecule has 0 bridgehead atoms. The topological polar surface area (TPSA) is 40.5 Å². The largest absolute Gasteiger partial charge is 0.390 e. The summed E-state index contributed by atoms with van der Waals surface area (Å²) in [4.78, 5) is 12.8. The molecule has 3 heteroatoms. The second-order valence-corrected chi connectivity index (χ2v) is 3.62. The quantitative estimate of drug-likeness (QED) is 0.646. The Kier molecular flexibility index (Phi) is 2.25. The van der Waals surface area contributed by atoms with E-state index in [0.717, 1.165) is 17.6 Å². The van der Waals surface area contributed by atoms with Crippen molar-refractivity contribution in [3.8, 4) is 0 Å². The summed E-state index contributed by atoms with van der Waals surface area (Å²) in [5.74, 6) is 0.229. The second-order valence-electron chi connectivity index (χ2n) is 3.62. The summed E-state index contributed by atoms with van der Waals surface area (Å²) >= 11 is 0. The van der Waals surface area contributed by atoms with E-state index in [1.807, 2.05) is 30.2 Å². The minimum absolute atomic E-state index is 0.0312. The van der Waals surface area contributed by atoms with Gasteiger partial charge < -0.3 is 10.0 Å². The number of fused-ring (bicyclic) bond motifs is 1. The Morgan fingerprint density at radius 3 is 3.07 bits per heavy atom. The van der Waals surface area contributed by atoms with Crippen LogP contribution in [0.2, 0.25) is 0 Å². The van der Waals surface area contributed by atoms with E-state index >= 15 is 0 Å². The second kappa shape index (κ2) is 3.42. The molecule has 1 N–H and O–H groups in total. The van der Waals surface area contributed by atoms with E-state index in [1.165, 1.54) is 0 Å². The van der Waals surface area contributed by atoms with Crippen molar-refractivity contribution in [1.29, 1.82) is 0 Å². The fraction of sp³-hybridized carbons (Fsp3) is 0.364. The number of aliphatic hydroxyl groups excluding tert-OH is 1. The number of aliphatic hydroxyl groups is 1. The highest BCUT2D eigenvalue weighted by Gasteiger charge is 2.33. The van der Waals surface area contributed by atoms with Crippen LogP contribution in [-0.4, -0.2) is 36.0 Å². The maximum Gasteiger partial charge on any atom is 0.148 e. The van der Waals surface area contributed by atoms with Crippen LogP contribution in [0.4, 0.5) is 0 Å². The van der Waals surface area contributed by atoms with Crippen molar-refractivity contribution in [1.82, 2.24) is 4.90 Å². The molecular formula is C11H13NO2. The third kappa shape index (κ3) is 1.21.